The van der Waals surface area contributed by atoms with Crippen LogP contribution in [0.1, 0.15) is 42.0 Å². The van der Waals surface area contributed by atoms with Crippen LogP contribution >= 0.6 is 0 Å². The Balaban J connectivity index is 1.72. The van der Waals surface area contributed by atoms with Crippen LogP contribution in [-0.4, -0.2) is 63.2 Å². The van der Waals surface area contributed by atoms with E-state index >= 15 is 0 Å². The van der Waals surface area contributed by atoms with E-state index in [2.05, 4.69) is 15.7 Å². The van der Waals surface area contributed by atoms with Gasteiger partial charge in [0.2, 0.25) is 17.6 Å². The van der Waals surface area contributed by atoms with Crippen LogP contribution < -0.4 is 5.73 Å². The third kappa shape index (κ3) is 5.86. The average Bonchev–Trinajstić information content (AvgIpc) is 2.67. The average molecular weight is 490 g/mol. The molecule has 33 heavy (non-hydrogen) atoms. The molecule has 2 aliphatic rings. The fourth-order valence-electron chi connectivity index (χ4n) is 3.82. The molecule has 1 atom stereocenters. The Labute approximate surface area is 181 Å². The number of likely N-dealkylation sites (tertiary alicyclic amines) is 1. The number of hydrogen-bond acceptors (Lipinski definition) is 4. The quantitative estimate of drug-likeness (QED) is 0.650. The number of carbonyl (C=O) groups is 2. The number of hydrogen-bond donors (Lipinski definition) is 1. The number of aromatic nitrogens is 2. The number of nitrogens with zero attached hydrogens (tertiary/aromatic N) is 4. The van der Waals surface area contributed by atoms with Gasteiger partial charge >= 0.3 is 12.4 Å². The van der Waals surface area contributed by atoms with Crippen LogP contribution in [0.3, 0.4) is 0 Å². The Morgan fingerprint density at radius 3 is 2.36 bits per heavy atom. The van der Waals surface area contributed by atoms with E-state index < -0.39 is 84.8 Å². The lowest BCUT2D eigenvalue weighted by Gasteiger charge is -2.33. The largest absolute Gasteiger partial charge is 0.451 e. The molecule has 0 unspecified atom stereocenters. The van der Waals surface area contributed by atoms with Crippen molar-refractivity contribution in [2.75, 3.05) is 19.6 Å². The van der Waals surface area contributed by atoms with Crippen molar-refractivity contribution >= 4 is 11.8 Å². The molecule has 0 aromatic carbocycles. The van der Waals surface area contributed by atoms with E-state index in [0.717, 1.165) is 9.80 Å². The van der Waals surface area contributed by atoms with Gasteiger partial charge in [0.25, 0.3) is 5.92 Å². The fraction of sp³-hybridized carbons (Fsp3) is 0.667. The topological polar surface area (TPSA) is 94.0 Å². The minimum atomic E-state index is -5.22. The number of halogens is 8. The Morgan fingerprint density at radius 1 is 1.09 bits per heavy atom. The predicted octanol–water partition coefficient (Wildman–Crippen LogP) is 1.66. The van der Waals surface area contributed by atoms with Crippen LogP contribution in [0.5, 0.6) is 0 Å². The monoisotopic (exact) mass is 490 g/mol. The van der Waals surface area contributed by atoms with Crippen LogP contribution in [0.4, 0.5) is 35.1 Å². The number of rotatable bonds is 4. The SMILES string of the molecule is [NH3+][C@@H](CC(=O)N1CCc2c(nc(C(F)(F)F)nc2C(F)(F)F)C1)CN1CC(F)(F)CCC1=O. The summed E-state index contributed by atoms with van der Waals surface area (Å²) >= 11 is 0. The second kappa shape index (κ2) is 8.65. The zero-order valence-electron chi connectivity index (χ0n) is 17.1. The van der Waals surface area contributed by atoms with Crippen molar-refractivity contribution in [3.05, 3.63) is 22.8 Å². The number of alkyl halides is 8. The second-order valence-electron chi connectivity index (χ2n) is 8.08. The zero-order valence-corrected chi connectivity index (χ0v) is 17.1. The molecular formula is C18H20F8N5O2+. The minimum Gasteiger partial charge on any atom is -0.353 e. The first kappa shape index (κ1) is 25.1. The van der Waals surface area contributed by atoms with Crippen molar-refractivity contribution in [2.24, 2.45) is 0 Å². The van der Waals surface area contributed by atoms with Gasteiger partial charge < -0.3 is 15.5 Å². The first-order valence-electron chi connectivity index (χ1n) is 9.87. The van der Waals surface area contributed by atoms with Gasteiger partial charge in [-0.2, -0.15) is 26.3 Å². The highest BCUT2D eigenvalue weighted by molar-refractivity contribution is 5.78. The summed E-state index contributed by atoms with van der Waals surface area (Å²) in [4.78, 5) is 32.2. The number of amides is 2. The highest BCUT2D eigenvalue weighted by Crippen LogP contribution is 2.37. The molecule has 3 rings (SSSR count). The summed E-state index contributed by atoms with van der Waals surface area (Å²) < 4.78 is 106. The Morgan fingerprint density at radius 2 is 1.76 bits per heavy atom. The van der Waals surface area contributed by atoms with E-state index in [1.54, 1.807) is 0 Å². The smallest absolute Gasteiger partial charge is 0.353 e. The van der Waals surface area contributed by atoms with Gasteiger partial charge in [-0.25, -0.2) is 18.7 Å². The lowest BCUT2D eigenvalue weighted by Crippen LogP contribution is -2.67. The summed E-state index contributed by atoms with van der Waals surface area (Å²) in [6, 6.07) is -0.807. The molecular weight excluding hydrogens is 470 g/mol. The molecule has 3 N–H and O–H groups in total. The molecule has 7 nitrogen and oxygen atoms in total. The second-order valence-corrected chi connectivity index (χ2v) is 8.08. The van der Waals surface area contributed by atoms with E-state index in [0.29, 0.717) is 0 Å². The molecule has 3 heterocycles. The Hall–Kier alpha value is -2.58. The molecule has 2 amide bonds. The van der Waals surface area contributed by atoms with Crippen molar-refractivity contribution in [3.8, 4) is 0 Å². The summed E-state index contributed by atoms with van der Waals surface area (Å²) in [5, 5.41) is 0. The maximum Gasteiger partial charge on any atom is 0.451 e. The minimum absolute atomic E-state index is 0.225. The van der Waals surface area contributed by atoms with E-state index in [1.165, 1.54) is 0 Å². The Kier molecular flexibility index (Phi) is 6.56. The molecule has 0 bridgehead atoms. The van der Waals surface area contributed by atoms with E-state index in [-0.39, 0.29) is 25.9 Å². The van der Waals surface area contributed by atoms with Crippen molar-refractivity contribution < 1.29 is 50.4 Å². The lowest BCUT2D eigenvalue weighted by molar-refractivity contribution is -0.420. The highest BCUT2D eigenvalue weighted by Gasteiger charge is 2.44. The molecule has 0 spiro atoms. The van der Waals surface area contributed by atoms with E-state index in [9.17, 15) is 44.7 Å². The third-order valence-electron chi connectivity index (χ3n) is 5.36. The van der Waals surface area contributed by atoms with Gasteiger partial charge in [0.1, 0.15) is 6.04 Å². The van der Waals surface area contributed by atoms with E-state index in [1.807, 2.05) is 0 Å². The molecule has 1 aromatic rings. The molecule has 0 saturated carbocycles. The normalized spacial score (nSPS) is 20.0. The van der Waals surface area contributed by atoms with Crippen molar-refractivity contribution in [3.63, 3.8) is 0 Å². The molecule has 1 aromatic heterocycles. The lowest BCUT2D eigenvalue weighted by atomic mass is 10.0. The summed E-state index contributed by atoms with van der Waals surface area (Å²) in [6.45, 7) is -1.86. The van der Waals surface area contributed by atoms with Crippen LogP contribution in [0, 0.1) is 0 Å². The van der Waals surface area contributed by atoms with Crippen LogP contribution in [0.2, 0.25) is 0 Å². The van der Waals surface area contributed by atoms with Gasteiger partial charge in [0.15, 0.2) is 5.69 Å². The zero-order chi connectivity index (χ0) is 24.8. The van der Waals surface area contributed by atoms with Crippen LogP contribution in [0.25, 0.3) is 0 Å². The summed E-state index contributed by atoms with van der Waals surface area (Å²) in [5.41, 5.74) is 0.921. The van der Waals surface area contributed by atoms with Gasteiger partial charge in [-0.1, -0.05) is 0 Å². The van der Waals surface area contributed by atoms with Crippen LogP contribution in [-0.2, 0) is 34.9 Å². The van der Waals surface area contributed by atoms with Gasteiger partial charge in [-0.15, -0.1) is 0 Å². The standard InChI is InChI=1S/C18H19F8N5O2/c19-16(20)3-1-12(32)31(8-16)6-9(27)5-13(33)30-4-2-10-11(7-30)28-15(18(24,25)26)29-14(10)17(21,22)23/h9H,1-8,27H2/p+1/t9-/m0/s1. The van der Waals surface area contributed by atoms with E-state index in [4.69, 9.17) is 0 Å². The van der Waals surface area contributed by atoms with Gasteiger partial charge in [0.05, 0.1) is 31.7 Å². The first-order chi connectivity index (χ1) is 15.1. The maximum absolute atomic E-state index is 13.5. The number of fused-ring (bicyclic) bond motifs is 1. The predicted molar refractivity (Wildman–Crippen MR) is 93.2 cm³/mol. The number of carbonyl (C=O) groups excluding carboxylic acids is 2. The molecule has 0 aliphatic carbocycles. The fourth-order valence-corrected chi connectivity index (χ4v) is 3.82. The van der Waals surface area contributed by atoms with Crippen LogP contribution in [0.15, 0.2) is 0 Å². The first-order valence-corrected chi connectivity index (χ1v) is 9.87. The summed E-state index contributed by atoms with van der Waals surface area (Å²) in [6.07, 6.45) is -12.0. The molecule has 1 fully saturated rings. The van der Waals surface area contributed by atoms with Crippen molar-refractivity contribution in [1.82, 2.24) is 19.8 Å². The van der Waals surface area contributed by atoms with Gasteiger partial charge in [-0.05, 0) is 6.42 Å². The maximum atomic E-state index is 13.5. The molecule has 0 radical (unpaired) electrons. The summed E-state index contributed by atoms with van der Waals surface area (Å²) in [5.74, 6) is -6.18. The number of piperidine rings is 1. The highest BCUT2D eigenvalue weighted by atomic mass is 19.4. The van der Waals surface area contributed by atoms with Gasteiger partial charge in [0, 0.05) is 24.9 Å². The summed E-state index contributed by atoms with van der Waals surface area (Å²) in [7, 11) is 0. The molecule has 2 aliphatic heterocycles. The molecule has 1 saturated heterocycles. The molecule has 15 heteroatoms. The van der Waals surface area contributed by atoms with Gasteiger partial charge in [-0.3, -0.25) is 9.59 Å². The van der Waals surface area contributed by atoms with Crippen molar-refractivity contribution in [1.29, 1.82) is 0 Å². The Bertz CT molecular complexity index is 934. The third-order valence-corrected chi connectivity index (χ3v) is 5.36. The molecule has 184 valence electrons. The van der Waals surface area contributed by atoms with Crippen molar-refractivity contribution in [2.45, 2.75) is 56.5 Å². The number of quaternary nitrogens is 1.